The summed E-state index contributed by atoms with van der Waals surface area (Å²) in [7, 11) is -0.379. The minimum Gasteiger partial charge on any atom is -0.524 e. The highest BCUT2D eigenvalue weighted by Gasteiger charge is 2.17. The second kappa shape index (κ2) is 6.37. The maximum absolute atomic E-state index is 10.8. The fraction of sp³-hybridized carbons (Fsp3) is 0. The van der Waals surface area contributed by atoms with E-state index in [1.54, 1.807) is 12.1 Å². The van der Waals surface area contributed by atoms with E-state index >= 15 is 0 Å². The van der Waals surface area contributed by atoms with Gasteiger partial charge >= 0.3 is 19.1 Å². The average molecular weight is 288 g/mol. The lowest BCUT2D eigenvalue weighted by atomic mass is 10.2. The minimum absolute atomic E-state index is 0.0288. The summed E-state index contributed by atoms with van der Waals surface area (Å²) in [4.78, 5) is 20.4. The van der Waals surface area contributed by atoms with Crippen molar-refractivity contribution in [2.75, 3.05) is 0 Å². The van der Waals surface area contributed by atoms with Crippen LogP contribution in [0.3, 0.4) is 0 Å². The van der Waals surface area contributed by atoms with E-state index in [1.807, 2.05) is 0 Å². The molecule has 0 aliphatic heterocycles. The summed E-state index contributed by atoms with van der Waals surface area (Å²) >= 11 is 0. The Balaban J connectivity index is 2.06. The molecule has 0 amide bonds. The van der Waals surface area contributed by atoms with E-state index in [2.05, 4.69) is 0 Å². The second-order valence-corrected chi connectivity index (χ2v) is 3.86. The van der Waals surface area contributed by atoms with Crippen molar-refractivity contribution in [2.45, 2.75) is 0 Å². The molecule has 0 aliphatic carbocycles. The third kappa shape index (κ3) is 3.47. The molecule has 2 rings (SSSR count). The SMILES string of the molecule is O=[N+]([O-])c1ccccc1OBOc1ccccc1[N+](=O)[O-]. The van der Waals surface area contributed by atoms with E-state index in [-0.39, 0.29) is 30.6 Å². The summed E-state index contributed by atoms with van der Waals surface area (Å²) in [6.45, 7) is 0. The summed E-state index contributed by atoms with van der Waals surface area (Å²) in [5, 5.41) is 21.6. The Kier molecular flexibility index (Phi) is 4.34. The molecular formula is C12H9BN2O6. The molecule has 0 unspecified atom stereocenters. The van der Waals surface area contributed by atoms with Gasteiger partial charge in [0.25, 0.3) is 0 Å². The summed E-state index contributed by atoms with van der Waals surface area (Å²) in [6.07, 6.45) is 0. The lowest BCUT2D eigenvalue weighted by molar-refractivity contribution is -0.385. The lowest BCUT2D eigenvalue weighted by Gasteiger charge is -2.07. The van der Waals surface area contributed by atoms with E-state index < -0.39 is 9.85 Å². The van der Waals surface area contributed by atoms with Crippen LogP contribution in [-0.2, 0) is 0 Å². The average Bonchev–Trinajstić information content (AvgIpc) is 2.48. The van der Waals surface area contributed by atoms with Gasteiger partial charge in [-0.15, -0.1) is 0 Å². The number of benzene rings is 2. The van der Waals surface area contributed by atoms with Crippen LogP contribution < -0.4 is 9.31 Å². The number of hydrogen-bond acceptors (Lipinski definition) is 6. The minimum atomic E-state index is -0.583. The first-order valence-electron chi connectivity index (χ1n) is 5.82. The van der Waals surface area contributed by atoms with Crippen LogP contribution in [-0.4, -0.2) is 17.5 Å². The van der Waals surface area contributed by atoms with Crippen LogP contribution in [0.5, 0.6) is 11.5 Å². The molecule has 0 bridgehead atoms. The number of rotatable bonds is 6. The maximum atomic E-state index is 10.8. The molecule has 0 atom stereocenters. The van der Waals surface area contributed by atoms with Crippen LogP contribution in [0.25, 0.3) is 0 Å². The quantitative estimate of drug-likeness (QED) is 0.458. The number of para-hydroxylation sites is 4. The molecule has 0 heterocycles. The Labute approximate surface area is 119 Å². The number of nitro benzene ring substituents is 2. The molecule has 8 nitrogen and oxygen atoms in total. The first kappa shape index (κ1) is 14.3. The lowest BCUT2D eigenvalue weighted by Crippen LogP contribution is -2.12. The fourth-order valence-corrected chi connectivity index (χ4v) is 1.62. The van der Waals surface area contributed by atoms with Gasteiger partial charge in [-0.3, -0.25) is 20.2 Å². The molecule has 0 saturated carbocycles. The molecule has 0 saturated heterocycles. The van der Waals surface area contributed by atoms with Crippen molar-refractivity contribution in [3.63, 3.8) is 0 Å². The van der Waals surface area contributed by atoms with Crippen molar-refractivity contribution in [3.8, 4) is 11.5 Å². The third-order valence-corrected chi connectivity index (χ3v) is 2.55. The number of nitro groups is 2. The molecule has 106 valence electrons. The molecule has 2 aromatic rings. The van der Waals surface area contributed by atoms with Crippen molar-refractivity contribution >= 4 is 19.1 Å². The zero-order valence-electron chi connectivity index (χ0n) is 10.7. The maximum Gasteiger partial charge on any atom is 0.576 e. The molecule has 0 fully saturated rings. The van der Waals surface area contributed by atoms with E-state index in [0.29, 0.717) is 0 Å². The zero-order valence-corrected chi connectivity index (χ0v) is 10.7. The van der Waals surface area contributed by atoms with Gasteiger partial charge in [0.05, 0.1) is 9.85 Å². The predicted octanol–water partition coefficient (Wildman–Crippen LogP) is 2.23. The van der Waals surface area contributed by atoms with Gasteiger partial charge < -0.3 is 9.31 Å². The van der Waals surface area contributed by atoms with Crippen molar-refractivity contribution in [1.82, 2.24) is 0 Å². The highest BCUT2D eigenvalue weighted by atomic mass is 16.6. The smallest absolute Gasteiger partial charge is 0.524 e. The topological polar surface area (TPSA) is 105 Å². The van der Waals surface area contributed by atoms with Crippen LogP contribution in [0, 0.1) is 20.2 Å². The van der Waals surface area contributed by atoms with E-state index in [4.69, 9.17) is 9.31 Å². The molecule has 0 aliphatic rings. The van der Waals surface area contributed by atoms with Gasteiger partial charge in [-0.2, -0.15) is 0 Å². The molecule has 0 aromatic heterocycles. The van der Waals surface area contributed by atoms with E-state index in [9.17, 15) is 20.2 Å². The summed E-state index contributed by atoms with van der Waals surface area (Å²) < 4.78 is 10.3. The van der Waals surface area contributed by atoms with Crippen molar-refractivity contribution in [2.24, 2.45) is 0 Å². The fourth-order valence-electron chi connectivity index (χ4n) is 1.62. The first-order chi connectivity index (χ1) is 10.1. The van der Waals surface area contributed by atoms with Gasteiger partial charge in [0.15, 0.2) is 11.5 Å². The van der Waals surface area contributed by atoms with Gasteiger partial charge in [0, 0.05) is 12.1 Å². The first-order valence-corrected chi connectivity index (χ1v) is 5.82. The van der Waals surface area contributed by atoms with Gasteiger partial charge in [-0.1, -0.05) is 24.3 Å². The van der Waals surface area contributed by atoms with Crippen molar-refractivity contribution in [3.05, 3.63) is 68.8 Å². The number of hydrogen-bond donors (Lipinski definition) is 0. The van der Waals surface area contributed by atoms with Crippen LogP contribution >= 0.6 is 0 Å². The highest BCUT2D eigenvalue weighted by Crippen LogP contribution is 2.27. The normalized spacial score (nSPS) is 9.71. The summed E-state index contributed by atoms with van der Waals surface area (Å²) in [6, 6.07) is 11.6. The van der Waals surface area contributed by atoms with Gasteiger partial charge in [0.2, 0.25) is 0 Å². The van der Waals surface area contributed by atoms with Crippen LogP contribution in [0.4, 0.5) is 11.4 Å². The van der Waals surface area contributed by atoms with Gasteiger partial charge in [-0.05, 0) is 12.1 Å². The second-order valence-electron chi connectivity index (χ2n) is 3.86. The van der Waals surface area contributed by atoms with Crippen molar-refractivity contribution in [1.29, 1.82) is 0 Å². The van der Waals surface area contributed by atoms with Crippen molar-refractivity contribution < 1.29 is 19.2 Å². The Morgan fingerprint density at radius 1 is 0.762 bits per heavy atom. The molecule has 21 heavy (non-hydrogen) atoms. The monoisotopic (exact) mass is 288 g/mol. The molecule has 0 N–H and O–H groups in total. The standard InChI is InChI=1S/C12H9BN2O6/c16-14(17)9-5-1-3-7-11(9)20-13-21-12-8-4-2-6-10(12)15(18)19/h1-8,13H. The Hall–Kier alpha value is -3.10. The van der Waals surface area contributed by atoms with Gasteiger partial charge in [-0.25, -0.2) is 0 Å². The van der Waals surface area contributed by atoms with Gasteiger partial charge in [0.1, 0.15) is 0 Å². The summed E-state index contributed by atoms with van der Waals surface area (Å²) in [5.41, 5.74) is -0.410. The van der Waals surface area contributed by atoms with Crippen LogP contribution in [0.2, 0.25) is 0 Å². The largest absolute Gasteiger partial charge is 0.576 e. The zero-order chi connectivity index (χ0) is 15.2. The molecule has 0 radical (unpaired) electrons. The molecular weight excluding hydrogens is 279 g/mol. The molecule has 2 aromatic carbocycles. The molecule has 0 spiro atoms. The Bertz CT molecular complexity index is 621. The van der Waals surface area contributed by atoms with E-state index in [0.717, 1.165) is 0 Å². The van der Waals surface area contributed by atoms with E-state index in [1.165, 1.54) is 36.4 Å². The molecule has 9 heteroatoms. The Morgan fingerprint density at radius 2 is 1.14 bits per heavy atom. The predicted molar refractivity (Wildman–Crippen MR) is 74.6 cm³/mol. The third-order valence-electron chi connectivity index (χ3n) is 2.55. The Morgan fingerprint density at radius 3 is 1.52 bits per heavy atom. The number of nitrogens with zero attached hydrogens (tertiary/aromatic N) is 2. The van der Waals surface area contributed by atoms with Crippen LogP contribution in [0.15, 0.2) is 48.5 Å². The highest BCUT2D eigenvalue weighted by molar-refractivity contribution is 6.21. The van der Waals surface area contributed by atoms with Crippen LogP contribution in [0.1, 0.15) is 0 Å². The summed E-state index contributed by atoms with van der Waals surface area (Å²) in [5.74, 6) is 0.0576.